The van der Waals surface area contributed by atoms with Crippen LogP contribution in [0.5, 0.6) is 5.75 Å². The van der Waals surface area contributed by atoms with Gasteiger partial charge < -0.3 is 9.64 Å². The van der Waals surface area contributed by atoms with Gasteiger partial charge in [0, 0.05) is 12.2 Å². The van der Waals surface area contributed by atoms with Gasteiger partial charge in [-0.05, 0) is 59.1 Å². The zero-order chi connectivity index (χ0) is 21.1. The van der Waals surface area contributed by atoms with Crippen molar-refractivity contribution in [2.24, 2.45) is 0 Å². The third-order valence-corrected chi connectivity index (χ3v) is 6.11. The molecule has 2 heterocycles. The van der Waals surface area contributed by atoms with E-state index in [-0.39, 0.29) is 12.5 Å². The number of rotatable bonds is 8. The van der Waals surface area contributed by atoms with E-state index in [0.717, 1.165) is 29.1 Å². The van der Waals surface area contributed by atoms with Crippen molar-refractivity contribution in [1.82, 2.24) is 19.7 Å². The van der Waals surface area contributed by atoms with E-state index in [1.165, 1.54) is 11.3 Å². The Labute approximate surface area is 179 Å². The molecule has 2 aromatic heterocycles. The molecule has 0 radical (unpaired) electrons. The summed E-state index contributed by atoms with van der Waals surface area (Å²) in [6.07, 6.45) is 0.830. The highest BCUT2D eigenvalue weighted by Crippen LogP contribution is 2.38. The Kier molecular flexibility index (Phi) is 6.77. The standard InChI is InChI=1S/C20H26ClN5O2S/c1-13-11-14(2)26(23-13)12-17(27)25(10-6-9-24(3)4)20-22-18-16(28-5)8-7-15(21)19(18)29-20/h7-8,11H,6,9-10,12H2,1-5H3. The molecule has 29 heavy (non-hydrogen) atoms. The number of fused-ring (bicyclic) bond motifs is 1. The molecule has 0 fully saturated rings. The van der Waals surface area contributed by atoms with Crippen LogP contribution in [0.3, 0.4) is 0 Å². The second-order valence-electron chi connectivity index (χ2n) is 7.21. The minimum Gasteiger partial charge on any atom is -0.494 e. The molecule has 0 aliphatic rings. The topological polar surface area (TPSA) is 63.5 Å². The summed E-state index contributed by atoms with van der Waals surface area (Å²) in [6, 6.07) is 5.55. The number of aromatic nitrogens is 3. The van der Waals surface area contributed by atoms with Gasteiger partial charge in [0.1, 0.15) is 17.8 Å². The van der Waals surface area contributed by atoms with Crippen molar-refractivity contribution in [1.29, 1.82) is 0 Å². The molecule has 0 saturated heterocycles. The number of amides is 1. The summed E-state index contributed by atoms with van der Waals surface area (Å²) in [6.45, 7) is 5.48. The SMILES string of the molecule is COc1ccc(Cl)c2sc(N(CCCN(C)C)C(=O)Cn3nc(C)cc3C)nc12. The number of hydrogen-bond donors (Lipinski definition) is 0. The van der Waals surface area contributed by atoms with Crippen LogP contribution in [0.25, 0.3) is 10.2 Å². The zero-order valence-corrected chi connectivity index (χ0v) is 19.0. The molecular formula is C20H26ClN5O2S. The summed E-state index contributed by atoms with van der Waals surface area (Å²) in [4.78, 5) is 21.8. The normalized spacial score (nSPS) is 11.4. The van der Waals surface area contributed by atoms with Crippen molar-refractivity contribution >= 4 is 44.2 Å². The Hall–Kier alpha value is -2.16. The van der Waals surface area contributed by atoms with Gasteiger partial charge in [-0.3, -0.25) is 14.4 Å². The van der Waals surface area contributed by atoms with Crippen molar-refractivity contribution in [2.75, 3.05) is 39.2 Å². The van der Waals surface area contributed by atoms with Crippen molar-refractivity contribution in [3.8, 4) is 5.75 Å². The number of halogens is 1. The van der Waals surface area contributed by atoms with Crippen LogP contribution in [0.4, 0.5) is 5.13 Å². The van der Waals surface area contributed by atoms with Gasteiger partial charge >= 0.3 is 0 Å². The molecule has 0 bridgehead atoms. The van der Waals surface area contributed by atoms with Crippen LogP contribution < -0.4 is 9.64 Å². The summed E-state index contributed by atoms with van der Waals surface area (Å²) in [5.74, 6) is 0.593. The average molecular weight is 436 g/mol. The lowest BCUT2D eigenvalue weighted by Crippen LogP contribution is -2.36. The van der Waals surface area contributed by atoms with Crippen LogP contribution in [0.15, 0.2) is 18.2 Å². The molecule has 0 aliphatic heterocycles. The summed E-state index contributed by atoms with van der Waals surface area (Å²) >= 11 is 7.78. The maximum atomic E-state index is 13.2. The largest absolute Gasteiger partial charge is 0.494 e. The third kappa shape index (κ3) is 4.88. The fourth-order valence-corrected chi connectivity index (χ4v) is 4.44. The number of carbonyl (C=O) groups is 1. The Morgan fingerprint density at radius 1 is 1.28 bits per heavy atom. The van der Waals surface area contributed by atoms with Gasteiger partial charge in [-0.1, -0.05) is 22.9 Å². The first kappa shape index (κ1) is 21.5. The Morgan fingerprint density at radius 3 is 2.66 bits per heavy atom. The molecule has 0 N–H and O–H groups in total. The highest BCUT2D eigenvalue weighted by molar-refractivity contribution is 7.23. The molecule has 0 atom stereocenters. The van der Waals surface area contributed by atoms with E-state index < -0.39 is 0 Å². The zero-order valence-electron chi connectivity index (χ0n) is 17.4. The highest BCUT2D eigenvalue weighted by atomic mass is 35.5. The van der Waals surface area contributed by atoms with E-state index in [4.69, 9.17) is 21.3 Å². The monoisotopic (exact) mass is 435 g/mol. The molecule has 0 aliphatic carbocycles. The van der Waals surface area contributed by atoms with E-state index in [9.17, 15) is 4.79 Å². The summed E-state index contributed by atoms with van der Waals surface area (Å²) in [7, 11) is 5.64. The van der Waals surface area contributed by atoms with Gasteiger partial charge in [-0.15, -0.1) is 0 Å². The average Bonchev–Trinajstić information content (AvgIpc) is 3.23. The first-order valence-electron chi connectivity index (χ1n) is 9.39. The van der Waals surface area contributed by atoms with Crippen molar-refractivity contribution in [2.45, 2.75) is 26.8 Å². The number of thiazole rings is 1. The van der Waals surface area contributed by atoms with Crippen molar-refractivity contribution < 1.29 is 9.53 Å². The quantitative estimate of drug-likeness (QED) is 0.539. The summed E-state index contributed by atoms with van der Waals surface area (Å²) in [5.41, 5.74) is 2.53. The number of carbonyl (C=O) groups excluding carboxylic acids is 1. The van der Waals surface area contributed by atoms with E-state index in [1.807, 2.05) is 34.0 Å². The van der Waals surface area contributed by atoms with Crippen LogP contribution in [0.2, 0.25) is 5.02 Å². The van der Waals surface area contributed by atoms with Crippen LogP contribution in [0, 0.1) is 13.8 Å². The number of nitrogens with zero attached hydrogens (tertiary/aromatic N) is 5. The van der Waals surface area contributed by atoms with Crippen LogP contribution in [-0.2, 0) is 11.3 Å². The Morgan fingerprint density at radius 2 is 2.03 bits per heavy atom. The number of ether oxygens (including phenoxy) is 1. The van der Waals surface area contributed by atoms with E-state index >= 15 is 0 Å². The fraction of sp³-hybridized carbons (Fsp3) is 0.450. The first-order chi connectivity index (χ1) is 13.8. The molecule has 0 saturated carbocycles. The van der Waals surface area contributed by atoms with Gasteiger partial charge in [0.25, 0.3) is 5.91 Å². The molecule has 156 valence electrons. The predicted octanol–water partition coefficient (Wildman–Crippen LogP) is 3.76. The number of anilines is 1. The number of benzene rings is 1. The first-order valence-corrected chi connectivity index (χ1v) is 10.6. The van der Waals surface area contributed by atoms with E-state index in [2.05, 4.69) is 10.00 Å². The second kappa shape index (κ2) is 9.11. The number of aryl methyl sites for hydroxylation is 2. The minimum atomic E-state index is -0.0518. The lowest BCUT2D eigenvalue weighted by Gasteiger charge is -2.21. The van der Waals surface area contributed by atoms with E-state index in [1.54, 1.807) is 28.8 Å². The van der Waals surface area contributed by atoms with Crippen LogP contribution >= 0.6 is 22.9 Å². The lowest BCUT2D eigenvalue weighted by atomic mass is 10.3. The smallest absolute Gasteiger partial charge is 0.250 e. The molecule has 1 aromatic carbocycles. The number of methoxy groups -OCH3 is 1. The van der Waals surface area contributed by atoms with Gasteiger partial charge in [-0.25, -0.2) is 4.98 Å². The molecule has 1 amide bonds. The molecule has 9 heteroatoms. The Bertz CT molecular complexity index is 1010. The van der Waals surface area contributed by atoms with Crippen LogP contribution in [0.1, 0.15) is 17.8 Å². The van der Waals surface area contributed by atoms with Gasteiger partial charge in [0.2, 0.25) is 0 Å². The molecule has 0 spiro atoms. The number of hydrogen-bond acceptors (Lipinski definition) is 6. The summed E-state index contributed by atoms with van der Waals surface area (Å²) in [5, 5.41) is 5.64. The maximum absolute atomic E-state index is 13.2. The Balaban J connectivity index is 1.94. The van der Waals surface area contributed by atoms with Gasteiger partial charge in [0.05, 0.1) is 22.5 Å². The van der Waals surface area contributed by atoms with E-state index in [0.29, 0.717) is 28.0 Å². The maximum Gasteiger partial charge on any atom is 0.250 e. The molecule has 0 unspecified atom stereocenters. The minimum absolute atomic E-state index is 0.0518. The fourth-order valence-electron chi connectivity index (χ4n) is 3.14. The molecule has 3 aromatic rings. The second-order valence-corrected chi connectivity index (χ2v) is 8.60. The predicted molar refractivity (Wildman–Crippen MR) is 118 cm³/mol. The van der Waals surface area contributed by atoms with Crippen LogP contribution in [-0.4, -0.2) is 59.9 Å². The molecule has 7 nitrogen and oxygen atoms in total. The van der Waals surface area contributed by atoms with Crippen molar-refractivity contribution in [3.63, 3.8) is 0 Å². The third-order valence-electron chi connectivity index (χ3n) is 4.57. The van der Waals surface area contributed by atoms with Gasteiger partial charge in [0.15, 0.2) is 5.13 Å². The summed E-state index contributed by atoms with van der Waals surface area (Å²) < 4.78 is 7.97. The van der Waals surface area contributed by atoms with Crippen molar-refractivity contribution in [3.05, 3.63) is 34.6 Å². The molecule has 3 rings (SSSR count). The molecular weight excluding hydrogens is 410 g/mol. The highest BCUT2D eigenvalue weighted by Gasteiger charge is 2.23. The lowest BCUT2D eigenvalue weighted by molar-refractivity contribution is -0.119. The van der Waals surface area contributed by atoms with Gasteiger partial charge in [-0.2, -0.15) is 5.10 Å².